The fourth-order valence-electron chi connectivity index (χ4n) is 1.73. The van der Waals surface area contributed by atoms with Gasteiger partial charge in [-0.2, -0.15) is 0 Å². The normalized spacial score (nSPS) is 23.0. The minimum atomic E-state index is -0.0114. The van der Waals surface area contributed by atoms with Gasteiger partial charge in [0.2, 0.25) is 0 Å². The van der Waals surface area contributed by atoms with Gasteiger partial charge in [-0.3, -0.25) is 0 Å². The quantitative estimate of drug-likeness (QED) is 0.705. The maximum atomic E-state index is 6.18. The molecule has 1 aliphatic carbocycles. The Hall–Kier alpha value is -0.0800. The van der Waals surface area contributed by atoms with Crippen molar-refractivity contribution >= 4 is 0 Å². The molecule has 0 atom stereocenters. The molecule has 1 aliphatic rings. The molecule has 0 aromatic heterocycles. The van der Waals surface area contributed by atoms with Crippen LogP contribution < -0.4 is 5.73 Å². The van der Waals surface area contributed by atoms with Gasteiger partial charge in [0.1, 0.15) is 0 Å². The van der Waals surface area contributed by atoms with Crippen molar-refractivity contribution in [1.29, 1.82) is 0 Å². The van der Waals surface area contributed by atoms with E-state index in [1.54, 1.807) is 0 Å². The molecule has 0 amide bonds. The Bertz CT molecular complexity index is 128. The van der Waals surface area contributed by atoms with Crippen molar-refractivity contribution in [2.75, 3.05) is 6.61 Å². The first-order valence-corrected chi connectivity index (χ1v) is 5.03. The van der Waals surface area contributed by atoms with Crippen LogP contribution in [0.5, 0.6) is 0 Å². The zero-order valence-electron chi connectivity index (χ0n) is 8.31. The van der Waals surface area contributed by atoms with Crippen molar-refractivity contribution in [1.82, 2.24) is 0 Å². The van der Waals surface area contributed by atoms with Crippen molar-refractivity contribution in [3.8, 4) is 0 Å². The summed E-state index contributed by atoms with van der Waals surface area (Å²) in [7, 11) is 0. The maximum Gasteiger partial charge on any atom is 0.0649 e. The molecule has 2 heteroatoms. The van der Waals surface area contributed by atoms with Crippen LogP contribution in [-0.4, -0.2) is 18.2 Å². The Morgan fingerprint density at radius 2 is 1.83 bits per heavy atom. The molecule has 1 saturated carbocycles. The van der Waals surface area contributed by atoms with E-state index in [0.29, 0.717) is 6.10 Å². The number of rotatable bonds is 3. The molecule has 0 spiro atoms. The van der Waals surface area contributed by atoms with Crippen LogP contribution in [0.2, 0.25) is 0 Å². The highest BCUT2D eigenvalue weighted by Gasteiger charge is 2.27. The molecule has 1 rings (SSSR count). The number of ether oxygens (including phenoxy) is 1. The molecule has 72 valence electrons. The van der Waals surface area contributed by atoms with E-state index < -0.39 is 0 Å². The van der Waals surface area contributed by atoms with Gasteiger partial charge >= 0.3 is 0 Å². The average Bonchev–Trinajstić information content (AvgIpc) is 2.03. The first kappa shape index (κ1) is 10.0. The van der Waals surface area contributed by atoms with Crippen molar-refractivity contribution in [3.05, 3.63) is 0 Å². The summed E-state index contributed by atoms with van der Waals surface area (Å²) < 4.78 is 5.56. The molecular formula is C10H21NO. The molecular weight excluding hydrogens is 150 g/mol. The molecule has 0 radical (unpaired) electrons. The summed E-state index contributed by atoms with van der Waals surface area (Å²) in [6.45, 7) is 4.86. The fraction of sp³-hybridized carbons (Fsp3) is 1.00. The summed E-state index contributed by atoms with van der Waals surface area (Å²) in [6, 6.07) is 0. The molecule has 0 aliphatic heterocycles. The molecule has 2 nitrogen and oxygen atoms in total. The third-order valence-corrected chi connectivity index (χ3v) is 2.55. The monoisotopic (exact) mass is 171 g/mol. The topological polar surface area (TPSA) is 35.2 Å². The van der Waals surface area contributed by atoms with E-state index in [1.807, 2.05) is 0 Å². The predicted octanol–water partition coefficient (Wildman–Crippen LogP) is 2.07. The SMILES string of the molecule is CC(C)OCC1(N)CCCCC1. The molecule has 1 fully saturated rings. The molecule has 12 heavy (non-hydrogen) atoms. The van der Waals surface area contributed by atoms with Gasteiger partial charge in [0.15, 0.2) is 0 Å². The lowest BCUT2D eigenvalue weighted by Gasteiger charge is -2.33. The molecule has 0 heterocycles. The fourth-order valence-corrected chi connectivity index (χ4v) is 1.73. The lowest BCUT2D eigenvalue weighted by Crippen LogP contribution is -2.46. The molecule has 0 aromatic carbocycles. The van der Waals surface area contributed by atoms with Crippen LogP contribution in [0, 0.1) is 0 Å². The van der Waals surface area contributed by atoms with Crippen LogP contribution in [0.1, 0.15) is 46.0 Å². The minimum absolute atomic E-state index is 0.0114. The Balaban J connectivity index is 2.26. The van der Waals surface area contributed by atoms with Crippen LogP contribution >= 0.6 is 0 Å². The average molecular weight is 171 g/mol. The van der Waals surface area contributed by atoms with E-state index in [2.05, 4.69) is 13.8 Å². The second kappa shape index (κ2) is 4.24. The molecule has 0 aromatic rings. The summed E-state index contributed by atoms with van der Waals surface area (Å²) in [5.74, 6) is 0. The largest absolute Gasteiger partial charge is 0.377 e. The lowest BCUT2D eigenvalue weighted by atomic mass is 9.83. The second-order valence-corrected chi connectivity index (χ2v) is 4.28. The van der Waals surface area contributed by atoms with Crippen LogP contribution in [0.15, 0.2) is 0 Å². The van der Waals surface area contributed by atoms with Gasteiger partial charge in [-0.05, 0) is 26.7 Å². The Morgan fingerprint density at radius 3 is 2.33 bits per heavy atom. The maximum absolute atomic E-state index is 6.18. The Labute approximate surface area is 75.5 Å². The summed E-state index contributed by atoms with van der Waals surface area (Å²) in [5.41, 5.74) is 6.17. The van der Waals surface area contributed by atoms with Gasteiger partial charge in [0, 0.05) is 5.54 Å². The van der Waals surface area contributed by atoms with Crippen molar-refractivity contribution in [2.45, 2.75) is 57.6 Å². The van der Waals surface area contributed by atoms with Gasteiger partial charge in [-0.1, -0.05) is 19.3 Å². The highest BCUT2D eigenvalue weighted by molar-refractivity contribution is 4.87. The highest BCUT2D eigenvalue weighted by atomic mass is 16.5. The van der Waals surface area contributed by atoms with Gasteiger partial charge < -0.3 is 10.5 Å². The van der Waals surface area contributed by atoms with Gasteiger partial charge in [-0.15, -0.1) is 0 Å². The van der Waals surface area contributed by atoms with E-state index in [9.17, 15) is 0 Å². The second-order valence-electron chi connectivity index (χ2n) is 4.28. The van der Waals surface area contributed by atoms with Gasteiger partial charge in [-0.25, -0.2) is 0 Å². The third kappa shape index (κ3) is 3.11. The Morgan fingerprint density at radius 1 is 1.25 bits per heavy atom. The van der Waals surface area contributed by atoms with E-state index in [1.165, 1.54) is 19.3 Å². The van der Waals surface area contributed by atoms with Crippen LogP contribution in [0.4, 0.5) is 0 Å². The van der Waals surface area contributed by atoms with E-state index >= 15 is 0 Å². The van der Waals surface area contributed by atoms with Crippen molar-refractivity contribution in [3.63, 3.8) is 0 Å². The number of hydrogen-bond donors (Lipinski definition) is 1. The third-order valence-electron chi connectivity index (χ3n) is 2.55. The van der Waals surface area contributed by atoms with E-state index in [-0.39, 0.29) is 5.54 Å². The first-order valence-electron chi connectivity index (χ1n) is 5.03. The van der Waals surface area contributed by atoms with Crippen LogP contribution in [0.25, 0.3) is 0 Å². The zero-order chi connectivity index (χ0) is 9.03. The van der Waals surface area contributed by atoms with E-state index in [4.69, 9.17) is 10.5 Å². The Kier molecular flexibility index (Phi) is 3.53. The summed E-state index contributed by atoms with van der Waals surface area (Å²) in [6.07, 6.45) is 6.49. The molecule has 0 bridgehead atoms. The highest BCUT2D eigenvalue weighted by Crippen LogP contribution is 2.26. The van der Waals surface area contributed by atoms with Crippen molar-refractivity contribution < 1.29 is 4.74 Å². The van der Waals surface area contributed by atoms with Crippen molar-refractivity contribution in [2.24, 2.45) is 5.73 Å². The van der Waals surface area contributed by atoms with Crippen LogP contribution in [0.3, 0.4) is 0 Å². The predicted molar refractivity (Wildman–Crippen MR) is 51.1 cm³/mol. The number of nitrogens with two attached hydrogens (primary N) is 1. The number of hydrogen-bond acceptors (Lipinski definition) is 2. The van der Waals surface area contributed by atoms with Gasteiger partial charge in [0.05, 0.1) is 12.7 Å². The molecule has 0 unspecified atom stereocenters. The minimum Gasteiger partial charge on any atom is -0.377 e. The first-order chi connectivity index (χ1) is 5.62. The van der Waals surface area contributed by atoms with Crippen LogP contribution in [-0.2, 0) is 4.74 Å². The zero-order valence-corrected chi connectivity index (χ0v) is 8.31. The smallest absolute Gasteiger partial charge is 0.0649 e. The van der Waals surface area contributed by atoms with E-state index in [0.717, 1.165) is 19.4 Å². The lowest BCUT2D eigenvalue weighted by molar-refractivity contribution is 0.0281. The van der Waals surface area contributed by atoms with Gasteiger partial charge in [0.25, 0.3) is 0 Å². The summed E-state index contributed by atoms with van der Waals surface area (Å²) in [5, 5.41) is 0. The summed E-state index contributed by atoms with van der Waals surface area (Å²) >= 11 is 0. The molecule has 0 saturated heterocycles. The summed E-state index contributed by atoms with van der Waals surface area (Å²) in [4.78, 5) is 0. The standard InChI is InChI=1S/C10H21NO/c1-9(2)12-8-10(11)6-4-3-5-7-10/h9H,3-8,11H2,1-2H3. The molecule has 2 N–H and O–H groups in total.